The fourth-order valence-corrected chi connectivity index (χ4v) is 3.78. The predicted molar refractivity (Wildman–Crippen MR) is 112 cm³/mol. The van der Waals surface area contributed by atoms with Gasteiger partial charge in [-0.25, -0.2) is 4.39 Å². The summed E-state index contributed by atoms with van der Waals surface area (Å²) in [5, 5.41) is 2.18. The molecule has 134 valence electrons. The summed E-state index contributed by atoms with van der Waals surface area (Å²) in [6.45, 7) is 2.34. The van der Waals surface area contributed by atoms with Crippen molar-refractivity contribution < 1.29 is 4.39 Å². The molecule has 4 rings (SSSR count). The molecular formula is C24H20FNS. The van der Waals surface area contributed by atoms with Gasteiger partial charge in [0.15, 0.2) is 5.82 Å². The number of allylic oxidation sites excluding steroid dienone is 1. The first-order valence-corrected chi connectivity index (χ1v) is 9.75. The monoisotopic (exact) mass is 373 g/mol. The number of hydrogen-bond donors (Lipinski definition) is 0. The molecule has 0 saturated heterocycles. The largest absolute Gasteiger partial charge is 0.205 e. The average molecular weight is 373 g/mol. The Morgan fingerprint density at radius 1 is 1.11 bits per heavy atom. The Bertz CT molecular complexity index is 1030. The summed E-state index contributed by atoms with van der Waals surface area (Å²) in [7, 11) is 0. The number of aliphatic imine (C=N–C) groups is 1. The van der Waals surface area contributed by atoms with E-state index in [1.165, 1.54) is 30.0 Å². The summed E-state index contributed by atoms with van der Waals surface area (Å²) in [5.74, 6) is 7.55. The maximum absolute atomic E-state index is 13.9. The van der Waals surface area contributed by atoms with Crippen LogP contribution >= 0.6 is 12.2 Å². The number of isothiocyanates is 1. The van der Waals surface area contributed by atoms with Crippen LogP contribution in [-0.2, 0) is 6.42 Å². The van der Waals surface area contributed by atoms with Crippen molar-refractivity contribution in [1.29, 1.82) is 0 Å². The SMILES string of the molecule is CC1CC1CC1=Cc2ccc(C#Cc3ccc(N=C=S)c(F)c3)cc2CC1. The zero-order valence-electron chi connectivity index (χ0n) is 15.3. The van der Waals surface area contributed by atoms with Gasteiger partial charge in [0.2, 0.25) is 0 Å². The van der Waals surface area contributed by atoms with E-state index >= 15 is 0 Å². The number of rotatable bonds is 3. The third-order valence-corrected chi connectivity index (χ3v) is 5.57. The quantitative estimate of drug-likeness (QED) is 0.348. The minimum atomic E-state index is -0.438. The van der Waals surface area contributed by atoms with Crippen molar-refractivity contribution in [3.63, 3.8) is 0 Å². The highest BCUT2D eigenvalue weighted by Gasteiger charge is 2.33. The van der Waals surface area contributed by atoms with Crippen molar-refractivity contribution in [3.05, 3.63) is 70.0 Å². The number of aryl methyl sites for hydroxylation is 1. The number of nitrogens with zero attached hydrogens (tertiary/aromatic N) is 1. The summed E-state index contributed by atoms with van der Waals surface area (Å²) in [4.78, 5) is 3.68. The Hall–Kier alpha value is -2.53. The maximum Gasteiger partial charge on any atom is 0.150 e. The van der Waals surface area contributed by atoms with Crippen molar-refractivity contribution in [1.82, 2.24) is 0 Å². The highest BCUT2D eigenvalue weighted by Crippen LogP contribution is 2.44. The number of fused-ring (bicyclic) bond motifs is 1. The number of halogens is 1. The molecule has 2 aromatic rings. The van der Waals surface area contributed by atoms with E-state index in [-0.39, 0.29) is 5.69 Å². The van der Waals surface area contributed by atoms with Gasteiger partial charge in [0.25, 0.3) is 0 Å². The molecule has 2 aromatic carbocycles. The lowest BCUT2D eigenvalue weighted by atomic mass is 9.88. The highest BCUT2D eigenvalue weighted by atomic mass is 32.1. The van der Waals surface area contributed by atoms with Crippen LogP contribution in [0.25, 0.3) is 6.08 Å². The third kappa shape index (κ3) is 4.25. The molecule has 0 bridgehead atoms. The molecule has 0 radical (unpaired) electrons. The van der Waals surface area contributed by atoms with Crippen molar-refractivity contribution in [3.8, 4) is 11.8 Å². The molecular weight excluding hydrogens is 353 g/mol. The Morgan fingerprint density at radius 2 is 1.85 bits per heavy atom. The standard InChI is InChI=1S/C24H20FNS/c1-16-10-22(16)13-19-5-8-20-11-17(4-7-21(20)12-19)2-3-18-6-9-24(26-15-27)23(25)14-18/h4,6-7,9,11-12,14,16,22H,5,8,10,13H2,1H3. The van der Waals surface area contributed by atoms with Crippen molar-refractivity contribution in [2.75, 3.05) is 0 Å². The zero-order chi connectivity index (χ0) is 18.8. The van der Waals surface area contributed by atoms with E-state index in [4.69, 9.17) is 0 Å². The molecule has 0 aromatic heterocycles. The molecule has 0 N–H and O–H groups in total. The highest BCUT2D eigenvalue weighted by molar-refractivity contribution is 7.78. The summed E-state index contributed by atoms with van der Waals surface area (Å²) in [6.07, 6.45) is 7.25. The van der Waals surface area contributed by atoms with E-state index in [0.717, 1.165) is 30.2 Å². The Labute approximate surface area is 165 Å². The summed E-state index contributed by atoms with van der Waals surface area (Å²) in [6, 6.07) is 11.1. The van der Waals surface area contributed by atoms with Gasteiger partial charge in [0.1, 0.15) is 5.69 Å². The topological polar surface area (TPSA) is 12.4 Å². The van der Waals surface area contributed by atoms with Gasteiger partial charge < -0.3 is 0 Å². The van der Waals surface area contributed by atoms with Gasteiger partial charge in [-0.3, -0.25) is 0 Å². The van der Waals surface area contributed by atoms with Crippen LogP contribution in [0.2, 0.25) is 0 Å². The van der Waals surface area contributed by atoms with Gasteiger partial charge in [-0.1, -0.05) is 36.5 Å². The second-order valence-corrected chi connectivity index (χ2v) is 7.70. The first-order valence-electron chi connectivity index (χ1n) is 9.34. The van der Waals surface area contributed by atoms with E-state index < -0.39 is 5.82 Å². The van der Waals surface area contributed by atoms with Gasteiger partial charge in [0, 0.05) is 11.1 Å². The van der Waals surface area contributed by atoms with Gasteiger partial charge in [-0.15, -0.1) is 0 Å². The first kappa shape index (κ1) is 17.9. The van der Waals surface area contributed by atoms with E-state index in [0.29, 0.717) is 5.56 Å². The molecule has 27 heavy (non-hydrogen) atoms. The van der Waals surface area contributed by atoms with Gasteiger partial charge in [-0.05, 0) is 91.2 Å². The fourth-order valence-electron chi connectivity index (χ4n) is 3.68. The van der Waals surface area contributed by atoms with Crippen molar-refractivity contribution in [2.45, 2.75) is 32.6 Å². The van der Waals surface area contributed by atoms with Crippen LogP contribution in [0.3, 0.4) is 0 Å². The number of thiocarbonyl (C=S) groups is 1. The molecule has 2 aliphatic rings. The number of benzene rings is 2. The Morgan fingerprint density at radius 3 is 2.56 bits per heavy atom. The van der Waals surface area contributed by atoms with Crippen molar-refractivity contribution >= 4 is 29.1 Å². The molecule has 1 nitrogen and oxygen atoms in total. The minimum Gasteiger partial charge on any atom is -0.205 e. The molecule has 2 aliphatic carbocycles. The number of hydrogen-bond acceptors (Lipinski definition) is 2. The molecule has 1 saturated carbocycles. The van der Waals surface area contributed by atoms with Gasteiger partial charge in [-0.2, -0.15) is 4.99 Å². The van der Waals surface area contributed by atoms with Crippen LogP contribution in [0.1, 0.15) is 48.4 Å². The second kappa shape index (κ2) is 7.61. The smallest absolute Gasteiger partial charge is 0.150 e. The van der Waals surface area contributed by atoms with Crippen LogP contribution in [0, 0.1) is 29.5 Å². The predicted octanol–water partition coefficient (Wildman–Crippen LogP) is 6.34. The van der Waals surface area contributed by atoms with Gasteiger partial charge in [0.05, 0.1) is 5.16 Å². The molecule has 3 heteroatoms. The Kier molecular flexibility index (Phi) is 5.03. The summed E-state index contributed by atoms with van der Waals surface area (Å²) in [5.41, 5.74) is 6.03. The fraction of sp³-hybridized carbons (Fsp3) is 0.292. The van der Waals surface area contributed by atoms with Crippen molar-refractivity contribution in [2.24, 2.45) is 16.8 Å². The average Bonchev–Trinajstić information content (AvgIpc) is 3.36. The zero-order valence-corrected chi connectivity index (χ0v) is 16.1. The van der Waals surface area contributed by atoms with E-state index in [9.17, 15) is 4.39 Å². The molecule has 2 atom stereocenters. The molecule has 1 fully saturated rings. The van der Waals surface area contributed by atoms with Crippen LogP contribution in [-0.4, -0.2) is 5.16 Å². The normalized spacial score (nSPS) is 19.9. The summed E-state index contributed by atoms with van der Waals surface area (Å²) >= 11 is 4.51. The second-order valence-electron chi connectivity index (χ2n) is 7.51. The van der Waals surface area contributed by atoms with E-state index in [1.807, 2.05) is 6.07 Å². The third-order valence-electron chi connectivity index (χ3n) is 5.48. The molecule has 0 spiro atoms. The van der Waals surface area contributed by atoms with Crippen LogP contribution in [0.15, 0.2) is 47.0 Å². The van der Waals surface area contributed by atoms with E-state index in [2.05, 4.69) is 59.3 Å². The lowest BCUT2D eigenvalue weighted by molar-refractivity contribution is 0.629. The molecule has 0 aliphatic heterocycles. The molecule has 0 heterocycles. The van der Waals surface area contributed by atoms with Crippen LogP contribution in [0.5, 0.6) is 0 Å². The maximum atomic E-state index is 13.9. The van der Waals surface area contributed by atoms with Gasteiger partial charge >= 0.3 is 0 Å². The molecule has 0 amide bonds. The summed E-state index contributed by atoms with van der Waals surface area (Å²) < 4.78 is 13.9. The lowest BCUT2D eigenvalue weighted by Crippen LogP contribution is -2.01. The first-order chi connectivity index (χ1) is 13.1. The Balaban J connectivity index is 1.51. The van der Waals surface area contributed by atoms with Crippen LogP contribution in [0.4, 0.5) is 10.1 Å². The minimum absolute atomic E-state index is 0.188. The molecule has 2 unspecified atom stereocenters. The van der Waals surface area contributed by atoms with E-state index in [1.54, 1.807) is 17.7 Å². The lowest BCUT2D eigenvalue weighted by Gasteiger charge is -2.17. The van der Waals surface area contributed by atoms with Crippen LogP contribution < -0.4 is 0 Å².